The first kappa shape index (κ1) is 20.7. The summed E-state index contributed by atoms with van der Waals surface area (Å²) < 4.78 is 11.2. The SMILES string of the molecule is O=C(CCCN1C(=O)C(=Cc2ccc3c(c2)OCO3)SC1=S)Nc1cccc(Cl)c1. The molecule has 0 unspecified atom stereocenters. The second kappa shape index (κ2) is 9.07. The molecule has 4 rings (SSSR count). The van der Waals surface area contributed by atoms with Gasteiger partial charge in [0.1, 0.15) is 4.32 Å². The predicted molar refractivity (Wildman–Crippen MR) is 122 cm³/mol. The van der Waals surface area contributed by atoms with E-state index in [-0.39, 0.29) is 25.0 Å². The Hall–Kier alpha value is -2.55. The largest absolute Gasteiger partial charge is 0.454 e. The molecule has 0 spiro atoms. The maximum atomic E-state index is 12.7. The number of carbonyl (C=O) groups excluding carboxylic acids is 2. The van der Waals surface area contributed by atoms with Crippen LogP contribution in [0.5, 0.6) is 11.5 Å². The molecule has 1 N–H and O–H groups in total. The molecule has 9 heteroatoms. The van der Waals surface area contributed by atoms with Gasteiger partial charge in [-0.1, -0.05) is 47.7 Å². The fourth-order valence-corrected chi connectivity index (χ4v) is 4.53. The minimum absolute atomic E-state index is 0.140. The molecule has 6 nitrogen and oxygen atoms in total. The Morgan fingerprint density at radius 3 is 2.90 bits per heavy atom. The number of carbonyl (C=O) groups is 2. The van der Waals surface area contributed by atoms with Gasteiger partial charge >= 0.3 is 0 Å². The first-order valence-electron chi connectivity index (χ1n) is 9.20. The molecule has 1 saturated heterocycles. The zero-order valence-corrected chi connectivity index (χ0v) is 18.1. The predicted octanol–water partition coefficient (Wildman–Crippen LogP) is 4.69. The lowest BCUT2D eigenvalue weighted by atomic mass is 10.2. The maximum absolute atomic E-state index is 12.7. The highest BCUT2D eigenvalue weighted by molar-refractivity contribution is 8.26. The van der Waals surface area contributed by atoms with E-state index < -0.39 is 0 Å². The smallest absolute Gasteiger partial charge is 0.266 e. The molecular weight excluding hydrogens is 444 g/mol. The van der Waals surface area contributed by atoms with Crippen LogP contribution in [0.1, 0.15) is 18.4 Å². The van der Waals surface area contributed by atoms with E-state index in [1.165, 1.54) is 16.7 Å². The quantitative estimate of drug-likeness (QED) is 0.498. The Bertz CT molecular complexity index is 1060. The van der Waals surface area contributed by atoms with Crippen molar-refractivity contribution >= 4 is 63.5 Å². The third-order valence-corrected chi connectivity index (χ3v) is 6.07. The highest BCUT2D eigenvalue weighted by Crippen LogP contribution is 2.36. The summed E-state index contributed by atoms with van der Waals surface area (Å²) in [5.74, 6) is 1.05. The zero-order chi connectivity index (χ0) is 21.1. The van der Waals surface area contributed by atoms with E-state index in [1.807, 2.05) is 18.2 Å². The van der Waals surface area contributed by atoms with Crippen molar-refractivity contribution in [1.29, 1.82) is 0 Å². The van der Waals surface area contributed by atoms with E-state index in [0.29, 0.717) is 44.4 Å². The molecule has 0 aliphatic carbocycles. The van der Waals surface area contributed by atoms with Crippen LogP contribution < -0.4 is 14.8 Å². The fourth-order valence-electron chi connectivity index (χ4n) is 3.03. The minimum atomic E-state index is -0.155. The van der Waals surface area contributed by atoms with Crippen LogP contribution >= 0.6 is 35.6 Å². The van der Waals surface area contributed by atoms with E-state index in [1.54, 1.807) is 30.3 Å². The molecule has 2 aromatic rings. The number of benzene rings is 2. The van der Waals surface area contributed by atoms with Crippen molar-refractivity contribution in [2.24, 2.45) is 0 Å². The van der Waals surface area contributed by atoms with E-state index in [2.05, 4.69) is 5.32 Å². The number of nitrogens with zero attached hydrogens (tertiary/aromatic N) is 1. The number of thiocarbonyl (C=S) groups is 1. The minimum Gasteiger partial charge on any atom is -0.454 e. The number of halogens is 1. The molecule has 2 heterocycles. The summed E-state index contributed by atoms with van der Waals surface area (Å²) >= 11 is 12.5. The lowest BCUT2D eigenvalue weighted by molar-refractivity contribution is -0.122. The average Bonchev–Trinajstić information content (AvgIpc) is 3.27. The number of amides is 2. The highest BCUT2D eigenvalue weighted by Gasteiger charge is 2.31. The van der Waals surface area contributed by atoms with Gasteiger partial charge in [0.15, 0.2) is 11.5 Å². The molecule has 0 atom stereocenters. The number of hydrogen-bond acceptors (Lipinski definition) is 6. The molecule has 30 heavy (non-hydrogen) atoms. The lowest BCUT2D eigenvalue weighted by Gasteiger charge is -2.14. The number of hydrogen-bond donors (Lipinski definition) is 1. The average molecular weight is 461 g/mol. The Morgan fingerprint density at radius 1 is 1.23 bits per heavy atom. The summed E-state index contributed by atoms with van der Waals surface area (Å²) in [6.07, 6.45) is 2.55. The van der Waals surface area contributed by atoms with Crippen LogP contribution in [0, 0.1) is 0 Å². The molecule has 0 saturated carbocycles. The van der Waals surface area contributed by atoms with Crippen LogP contribution in [0.25, 0.3) is 6.08 Å². The van der Waals surface area contributed by atoms with Crippen LogP contribution in [0.3, 0.4) is 0 Å². The second-order valence-corrected chi connectivity index (χ2v) is 8.72. The van der Waals surface area contributed by atoms with Crippen molar-refractivity contribution in [2.45, 2.75) is 12.8 Å². The van der Waals surface area contributed by atoms with Crippen molar-refractivity contribution in [3.05, 3.63) is 58.0 Å². The van der Waals surface area contributed by atoms with Crippen LogP contribution in [0.4, 0.5) is 5.69 Å². The zero-order valence-electron chi connectivity index (χ0n) is 15.7. The standard InChI is InChI=1S/C21H17ClN2O4S2/c22-14-3-1-4-15(11-14)23-19(25)5-2-8-24-20(26)18(30-21(24)29)10-13-6-7-16-17(9-13)28-12-27-16/h1,3-4,6-7,9-11H,2,5,8,12H2,(H,23,25). The topological polar surface area (TPSA) is 67.9 Å². The molecule has 0 aromatic heterocycles. The molecule has 0 bridgehead atoms. The number of ether oxygens (including phenoxy) is 2. The molecule has 2 aliphatic rings. The molecule has 154 valence electrons. The summed E-state index contributed by atoms with van der Waals surface area (Å²) in [7, 11) is 0. The number of nitrogens with one attached hydrogen (secondary N) is 1. The molecule has 1 fully saturated rings. The third kappa shape index (κ3) is 4.77. The van der Waals surface area contributed by atoms with Gasteiger partial charge in [-0.3, -0.25) is 14.5 Å². The third-order valence-electron chi connectivity index (χ3n) is 4.46. The van der Waals surface area contributed by atoms with Crippen LogP contribution in [-0.4, -0.2) is 34.4 Å². The van der Waals surface area contributed by atoms with Gasteiger partial charge in [0.2, 0.25) is 12.7 Å². The number of fused-ring (bicyclic) bond motifs is 1. The molecule has 0 radical (unpaired) electrons. The Labute approximate surface area is 188 Å². The van der Waals surface area contributed by atoms with Crippen molar-refractivity contribution in [1.82, 2.24) is 4.90 Å². The van der Waals surface area contributed by atoms with Crippen molar-refractivity contribution in [3.63, 3.8) is 0 Å². The van der Waals surface area contributed by atoms with E-state index in [4.69, 9.17) is 33.3 Å². The monoisotopic (exact) mass is 460 g/mol. The molecule has 2 aromatic carbocycles. The van der Waals surface area contributed by atoms with E-state index >= 15 is 0 Å². The van der Waals surface area contributed by atoms with Crippen molar-refractivity contribution in [2.75, 3.05) is 18.7 Å². The van der Waals surface area contributed by atoms with E-state index in [9.17, 15) is 9.59 Å². The van der Waals surface area contributed by atoms with Gasteiger partial charge in [0.25, 0.3) is 5.91 Å². The number of anilines is 1. The summed E-state index contributed by atoms with van der Waals surface area (Å²) in [5.41, 5.74) is 1.48. The fraction of sp³-hybridized carbons (Fsp3) is 0.190. The van der Waals surface area contributed by atoms with Crippen molar-refractivity contribution < 1.29 is 19.1 Å². The van der Waals surface area contributed by atoms with Gasteiger partial charge in [-0.15, -0.1) is 0 Å². The summed E-state index contributed by atoms with van der Waals surface area (Å²) in [6, 6.07) is 12.5. The van der Waals surface area contributed by atoms with Gasteiger partial charge in [0.05, 0.1) is 4.91 Å². The lowest BCUT2D eigenvalue weighted by Crippen LogP contribution is -2.29. The molecule has 2 aliphatic heterocycles. The Balaban J connectivity index is 1.32. The number of rotatable bonds is 6. The van der Waals surface area contributed by atoms with Crippen LogP contribution in [0.2, 0.25) is 5.02 Å². The van der Waals surface area contributed by atoms with Gasteiger partial charge in [-0.2, -0.15) is 0 Å². The molecule has 2 amide bonds. The van der Waals surface area contributed by atoms with Crippen LogP contribution in [0.15, 0.2) is 47.4 Å². The Kier molecular flexibility index (Phi) is 6.26. The van der Waals surface area contributed by atoms with Crippen LogP contribution in [-0.2, 0) is 9.59 Å². The summed E-state index contributed by atoms with van der Waals surface area (Å²) in [4.78, 5) is 26.9. The number of thioether (sulfide) groups is 1. The first-order chi connectivity index (χ1) is 14.5. The normalized spacial score (nSPS) is 16.4. The molecular formula is C21H17ClN2O4S2. The highest BCUT2D eigenvalue weighted by atomic mass is 35.5. The van der Waals surface area contributed by atoms with Crippen molar-refractivity contribution in [3.8, 4) is 11.5 Å². The van der Waals surface area contributed by atoms with Gasteiger partial charge < -0.3 is 14.8 Å². The first-order valence-corrected chi connectivity index (χ1v) is 10.8. The second-order valence-electron chi connectivity index (χ2n) is 6.61. The maximum Gasteiger partial charge on any atom is 0.266 e. The van der Waals surface area contributed by atoms with Gasteiger partial charge in [-0.05, 0) is 48.4 Å². The Morgan fingerprint density at radius 2 is 2.07 bits per heavy atom. The van der Waals surface area contributed by atoms with Gasteiger partial charge in [-0.25, -0.2) is 0 Å². The van der Waals surface area contributed by atoms with E-state index in [0.717, 1.165) is 5.56 Å². The summed E-state index contributed by atoms with van der Waals surface area (Å²) in [5, 5.41) is 3.35. The van der Waals surface area contributed by atoms with Gasteiger partial charge in [0, 0.05) is 23.7 Å². The summed E-state index contributed by atoms with van der Waals surface area (Å²) in [6.45, 7) is 0.581.